The molecular weight excluding hydrogens is 416 g/mol. The fourth-order valence-electron chi connectivity index (χ4n) is 2.89. The number of thioether (sulfide) groups is 1. The average molecular weight is 447 g/mol. The molecule has 1 saturated heterocycles. The van der Waals surface area contributed by atoms with Gasteiger partial charge in [-0.2, -0.15) is 11.8 Å². The molecule has 0 radical (unpaired) electrons. The van der Waals surface area contributed by atoms with E-state index in [1.165, 1.54) is 18.7 Å². The summed E-state index contributed by atoms with van der Waals surface area (Å²) in [6.07, 6.45) is 3.11. The molecule has 1 heterocycles. The second kappa shape index (κ2) is 13.1. The van der Waals surface area contributed by atoms with Crippen LogP contribution in [0.1, 0.15) is 39.0 Å². The zero-order valence-electron chi connectivity index (χ0n) is 17.1. The van der Waals surface area contributed by atoms with E-state index in [1.807, 2.05) is 6.26 Å². The Morgan fingerprint density at radius 1 is 1.03 bits per heavy atom. The summed E-state index contributed by atoms with van der Waals surface area (Å²) in [5.74, 6) is -3.50. The van der Waals surface area contributed by atoms with E-state index in [0.717, 1.165) is 13.0 Å². The highest BCUT2D eigenvalue weighted by Crippen LogP contribution is 2.07. The molecule has 6 N–H and O–H groups in total. The SMILES string of the molecule is CSCCC(NC(=O)C1CCCN1)C(=O)NC(C)C(=O)NC(CCC(=O)O)C(=O)O. The number of hydrogen-bond donors (Lipinski definition) is 6. The van der Waals surface area contributed by atoms with Gasteiger partial charge >= 0.3 is 11.9 Å². The van der Waals surface area contributed by atoms with Crippen LogP contribution < -0.4 is 21.3 Å². The van der Waals surface area contributed by atoms with Gasteiger partial charge in [-0.3, -0.25) is 19.2 Å². The standard InChI is InChI=1S/C18H30N4O7S/c1-10(15(25)22-13(18(28)29)5-6-14(23)24)20-17(27)12(7-9-30-2)21-16(26)11-4-3-8-19-11/h10-13,19H,3-9H2,1-2H3,(H,20,27)(H,21,26)(H,22,25)(H,23,24)(H,28,29). The molecule has 11 nitrogen and oxygen atoms in total. The van der Waals surface area contributed by atoms with Gasteiger partial charge in [0.25, 0.3) is 0 Å². The van der Waals surface area contributed by atoms with Crippen molar-refractivity contribution in [1.29, 1.82) is 0 Å². The molecule has 0 aromatic carbocycles. The van der Waals surface area contributed by atoms with E-state index < -0.39 is 48.3 Å². The molecule has 0 bridgehead atoms. The summed E-state index contributed by atoms with van der Waals surface area (Å²) in [5.41, 5.74) is 0. The van der Waals surface area contributed by atoms with Gasteiger partial charge in [0, 0.05) is 6.42 Å². The van der Waals surface area contributed by atoms with E-state index in [0.29, 0.717) is 18.6 Å². The number of hydrogen-bond acceptors (Lipinski definition) is 7. The van der Waals surface area contributed by atoms with E-state index >= 15 is 0 Å². The molecule has 0 aliphatic carbocycles. The largest absolute Gasteiger partial charge is 0.481 e. The van der Waals surface area contributed by atoms with Crippen molar-refractivity contribution in [2.75, 3.05) is 18.6 Å². The summed E-state index contributed by atoms with van der Waals surface area (Å²) < 4.78 is 0. The molecule has 1 aliphatic heterocycles. The first-order valence-corrected chi connectivity index (χ1v) is 11.1. The third-order valence-corrected chi connectivity index (χ3v) is 5.28. The molecule has 0 aromatic rings. The van der Waals surface area contributed by atoms with Crippen molar-refractivity contribution in [3.63, 3.8) is 0 Å². The van der Waals surface area contributed by atoms with Gasteiger partial charge < -0.3 is 31.5 Å². The van der Waals surface area contributed by atoms with Gasteiger partial charge in [-0.1, -0.05) is 0 Å². The van der Waals surface area contributed by atoms with Gasteiger partial charge in [-0.25, -0.2) is 4.79 Å². The van der Waals surface area contributed by atoms with E-state index in [2.05, 4.69) is 21.3 Å². The Balaban J connectivity index is 2.66. The number of carbonyl (C=O) groups excluding carboxylic acids is 3. The number of aliphatic carboxylic acids is 2. The Morgan fingerprint density at radius 3 is 2.27 bits per heavy atom. The van der Waals surface area contributed by atoms with Gasteiger partial charge in [0.2, 0.25) is 17.7 Å². The highest BCUT2D eigenvalue weighted by atomic mass is 32.2. The monoisotopic (exact) mass is 446 g/mol. The van der Waals surface area contributed by atoms with Crippen molar-refractivity contribution >= 4 is 41.4 Å². The maximum Gasteiger partial charge on any atom is 0.326 e. The summed E-state index contributed by atoms with van der Waals surface area (Å²) in [4.78, 5) is 59.1. The van der Waals surface area contributed by atoms with Gasteiger partial charge in [0.05, 0.1) is 6.04 Å². The zero-order chi connectivity index (χ0) is 22.7. The fraction of sp³-hybridized carbons (Fsp3) is 0.722. The molecule has 0 aromatic heterocycles. The lowest BCUT2D eigenvalue weighted by molar-refractivity contribution is -0.143. The summed E-state index contributed by atoms with van der Waals surface area (Å²) in [5, 5.41) is 28.3. The van der Waals surface area contributed by atoms with Crippen molar-refractivity contribution < 1.29 is 34.2 Å². The van der Waals surface area contributed by atoms with Crippen LogP contribution in [0.5, 0.6) is 0 Å². The highest BCUT2D eigenvalue weighted by molar-refractivity contribution is 7.98. The van der Waals surface area contributed by atoms with Crippen LogP contribution >= 0.6 is 11.8 Å². The topological polar surface area (TPSA) is 174 Å². The molecule has 12 heteroatoms. The predicted molar refractivity (Wildman–Crippen MR) is 110 cm³/mol. The maximum absolute atomic E-state index is 12.6. The first-order valence-electron chi connectivity index (χ1n) is 9.73. The van der Waals surface area contributed by atoms with Crippen LogP contribution in [-0.2, 0) is 24.0 Å². The Labute approximate surface area is 179 Å². The fourth-order valence-corrected chi connectivity index (χ4v) is 3.36. The smallest absolute Gasteiger partial charge is 0.326 e. The molecule has 4 unspecified atom stereocenters. The number of rotatable bonds is 13. The molecule has 3 amide bonds. The van der Waals surface area contributed by atoms with Crippen molar-refractivity contribution in [3.05, 3.63) is 0 Å². The minimum Gasteiger partial charge on any atom is -0.481 e. The Morgan fingerprint density at radius 2 is 1.73 bits per heavy atom. The number of carboxylic acids is 2. The van der Waals surface area contributed by atoms with Crippen molar-refractivity contribution in [2.24, 2.45) is 0 Å². The summed E-state index contributed by atoms with van der Waals surface area (Å²) in [7, 11) is 0. The van der Waals surface area contributed by atoms with Gasteiger partial charge in [0.15, 0.2) is 0 Å². The molecular formula is C18H30N4O7S. The third kappa shape index (κ3) is 8.99. The second-order valence-electron chi connectivity index (χ2n) is 7.05. The first-order chi connectivity index (χ1) is 14.1. The maximum atomic E-state index is 12.6. The number of amides is 3. The van der Waals surface area contributed by atoms with E-state index in [4.69, 9.17) is 10.2 Å². The van der Waals surface area contributed by atoms with E-state index in [1.54, 1.807) is 0 Å². The van der Waals surface area contributed by atoms with Gasteiger partial charge in [0.1, 0.15) is 18.1 Å². The molecule has 1 rings (SSSR count). The number of carbonyl (C=O) groups is 5. The number of nitrogens with one attached hydrogen (secondary N) is 4. The van der Waals surface area contributed by atoms with Gasteiger partial charge in [-0.05, 0) is 51.2 Å². The minimum absolute atomic E-state index is 0.273. The predicted octanol–water partition coefficient (Wildman–Crippen LogP) is -1.08. The van der Waals surface area contributed by atoms with Crippen LogP contribution in [0.25, 0.3) is 0 Å². The molecule has 4 atom stereocenters. The first kappa shape index (κ1) is 25.7. The van der Waals surface area contributed by atoms with E-state index in [9.17, 15) is 24.0 Å². The van der Waals surface area contributed by atoms with Crippen LogP contribution in [0.2, 0.25) is 0 Å². The van der Waals surface area contributed by atoms with Crippen molar-refractivity contribution in [2.45, 2.75) is 63.2 Å². The lowest BCUT2D eigenvalue weighted by Crippen LogP contribution is -2.56. The van der Waals surface area contributed by atoms with Crippen LogP contribution in [-0.4, -0.2) is 82.6 Å². The molecule has 0 spiro atoms. The average Bonchev–Trinajstić information content (AvgIpc) is 3.22. The third-order valence-electron chi connectivity index (χ3n) is 4.63. The molecule has 1 fully saturated rings. The normalized spacial score (nSPS) is 18.7. The second-order valence-corrected chi connectivity index (χ2v) is 8.04. The lowest BCUT2D eigenvalue weighted by Gasteiger charge is -2.23. The summed E-state index contributed by atoms with van der Waals surface area (Å²) in [6.45, 7) is 2.12. The van der Waals surface area contributed by atoms with Crippen molar-refractivity contribution in [1.82, 2.24) is 21.3 Å². The summed E-state index contributed by atoms with van der Waals surface area (Å²) >= 11 is 1.51. The van der Waals surface area contributed by atoms with Crippen LogP contribution in [0.3, 0.4) is 0 Å². The van der Waals surface area contributed by atoms with Crippen LogP contribution in [0.4, 0.5) is 0 Å². The molecule has 1 aliphatic rings. The van der Waals surface area contributed by atoms with Crippen LogP contribution in [0, 0.1) is 0 Å². The zero-order valence-corrected chi connectivity index (χ0v) is 17.9. The van der Waals surface area contributed by atoms with Crippen LogP contribution in [0.15, 0.2) is 0 Å². The lowest BCUT2D eigenvalue weighted by atomic mass is 10.1. The van der Waals surface area contributed by atoms with Crippen molar-refractivity contribution in [3.8, 4) is 0 Å². The molecule has 170 valence electrons. The molecule has 30 heavy (non-hydrogen) atoms. The van der Waals surface area contributed by atoms with E-state index in [-0.39, 0.29) is 18.4 Å². The Kier molecular flexibility index (Phi) is 11.2. The molecule has 0 saturated carbocycles. The quantitative estimate of drug-likeness (QED) is 0.205. The number of carboxylic acid groups (broad SMARTS) is 2. The highest BCUT2D eigenvalue weighted by Gasteiger charge is 2.29. The summed E-state index contributed by atoms with van der Waals surface area (Å²) in [6, 6.07) is -3.62. The minimum atomic E-state index is -1.38. The van der Waals surface area contributed by atoms with Gasteiger partial charge in [-0.15, -0.1) is 0 Å². The Bertz CT molecular complexity index is 640. The Hall–Kier alpha value is -2.34.